The molecule has 0 aliphatic rings. The van der Waals surface area contributed by atoms with Crippen LogP contribution >= 0.6 is 0 Å². The molecule has 0 radical (unpaired) electrons. The molecular weight excluding hydrogens is 274 g/mol. The van der Waals surface area contributed by atoms with Gasteiger partial charge in [0.15, 0.2) is 0 Å². The summed E-state index contributed by atoms with van der Waals surface area (Å²) in [5.41, 5.74) is 2.89. The Labute approximate surface area is 125 Å². The molecule has 0 bridgehead atoms. The first kappa shape index (κ1) is 19.2. The van der Waals surface area contributed by atoms with Crippen LogP contribution in [0.1, 0.15) is 31.9 Å². The molecule has 0 saturated carbocycles. The van der Waals surface area contributed by atoms with Crippen molar-refractivity contribution in [2.24, 2.45) is 5.92 Å². The van der Waals surface area contributed by atoms with Crippen LogP contribution < -0.4 is 4.72 Å². The topological polar surface area (TPSA) is 61.4 Å². The predicted molar refractivity (Wildman–Crippen MR) is 83.2 cm³/mol. The van der Waals surface area contributed by atoms with E-state index in [1.54, 1.807) is 0 Å². The monoisotopic (exact) mass is 300 g/mol. The van der Waals surface area contributed by atoms with Crippen LogP contribution in [0.2, 0.25) is 0 Å². The Balaban J connectivity index is 0.000000396. The highest BCUT2D eigenvalue weighted by Crippen LogP contribution is 2.09. The first-order chi connectivity index (χ1) is 9.49. The minimum Gasteiger partial charge on any atom is -0.760 e. The Morgan fingerprint density at radius 3 is 2.20 bits per heavy atom. The molecule has 5 heteroatoms. The van der Waals surface area contributed by atoms with Crippen LogP contribution in [0.3, 0.4) is 0 Å². The van der Waals surface area contributed by atoms with Crippen LogP contribution in [0.4, 0.5) is 0 Å². The molecule has 0 fully saturated rings. The number of hydrogen-bond acceptors (Lipinski definition) is 3. The van der Waals surface area contributed by atoms with Crippen molar-refractivity contribution < 1.29 is 13.5 Å². The molecule has 1 N–H and O–H groups in total. The van der Waals surface area contributed by atoms with Crippen molar-refractivity contribution >= 4 is 11.3 Å². The lowest BCUT2D eigenvalue weighted by Crippen LogP contribution is -2.20. The molecule has 116 valence electrons. The van der Waals surface area contributed by atoms with Gasteiger partial charge < -0.3 is 9.29 Å². The maximum absolute atomic E-state index is 9.71. The third-order valence-electron chi connectivity index (χ3n) is 2.60. The summed E-state index contributed by atoms with van der Waals surface area (Å²) in [7, 11) is 1.51. The second-order valence-corrected chi connectivity index (χ2v) is 5.65. The molecule has 4 nitrogen and oxygen atoms in total. The maximum Gasteiger partial charge on any atom is 0.0596 e. The highest BCUT2D eigenvalue weighted by molar-refractivity contribution is 7.77. The zero-order valence-corrected chi connectivity index (χ0v) is 13.7. The lowest BCUT2D eigenvalue weighted by molar-refractivity contribution is 0.204. The van der Waals surface area contributed by atoms with Crippen molar-refractivity contribution in [3.05, 3.63) is 35.4 Å². The molecule has 0 heterocycles. The molecule has 0 saturated heterocycles. The van der Waals surface area contributed by atoms with Crippen LogP contribution in [0.25, 0.3) is 0 Å². The maximum atomic E-state index is 9.71. The van der Waals surface area contributed by atoms with E-state index < -0.39 is 11.3 Å². The fourth-order valence-electron chi connectivity index (χ4n) is 1.61. The van der Waals surface area contributed by atoms with Crippen molar-refractivity contribution in [2.75, 3.05) is 20.3 Å². The molecule has 0 spiro atoms. The van der Waals surface area contributed by atoms with Crippen LogP contribution in [-0.4, -0.2) is 29.0 Å². The van der Waals surface area contributed by atoms with Gasteiger partial charge in [0.2, 0.25) is 0 Å². The smallest absolute Gasteiger partial charge is 0.0596 e. The van der Waals surface area contributed by atoms with E-state index in [0.717, 1.165) is 12.3 Å². The summed E-state index contributed by atoms with van der Waals surface area (Å²) in [5.74, 6) is 0.762. The first-order valence-electron chi connectivity index (χ1n) is 6.89. The number of rotatable bonds is 7. The standard InChI is InChI=1S/C12H18.C3H9NO3S/c1-4-11-5-7-12(8-6-11)9-10(2)3;1-7-3-2-4-8(5)6/h5-8,10H,4,9H2,1-3H3;4H,2-3H2,1H3,(H,5,6)/p-1. The zero-order valence-electron chi connectivity index (χ0n) is 12.8. The van der Waals surface area contributed by atoms with Gasteiger partial charge in [0.1, 0.15) is 0 Å². The van der Waals surface area contributed by atoms with Crippen molar-refractivity contribution in [2.45, 2.75) is 33.6 Å². The van der Waals surface area contributed by atoms with Gasteiger partial charge in [-0.3, -0.25) is 4.21 Å². The second kappa shape index (κ2) is 12.0. The summed E-state index contributed by atoms with van der Waals surface area (Å²) in [6.07, 6.45) is 2.34. The quantitative estimate of drug-likeness (QED) is 0.621. The van der Waals surface area contributed by atoms with E-state index in [9.17, 15) is 8.76 Å². The van der Waals surface area contributed by atoms with E-state index in [-0.39, 0.29) is 0 Å². The molecule has 1 rings (SSSR count). The molecule has 0 amide bonds. The van der Waals surface area contributed by atoms with Gasteiger partial charge in [-0.25, -0.2) is 4.72 Å². The SMILES string of the molecule is CCc1ccc(CC(C)C)cc1.COCCNS(=O)[O-]. The molecule has 1 atom stereocenters. The fourth-order valence-corrected chi connectivity index (χ4v) is 1.86. The number of benzene rings is 1. The largest absolute Gasteiger partial charge is 0.760 e. The van der Waals surface area contributed by atoms with E-state index in [1.807, 2.05) is 0 Å². The average Bonchev–Trinajstić information content (AvgIpc) is 2.40. The number of hydrogen-bond donors (Lipinski definition) is 1. The van der Waals surface area contributed by atoms with E-state index in [4.69, 9.17) is 0 Å². The van der Waals surface area contributed by atoms with Crippen molar-refractivity contribution in [3.8, 4) is 0 Å². The molecule has 20 heavy (non-hydrogen) atoms. The first-order valence-corrected chi connectivity index (χ1v) is 7.96. The minimum atomic E-state index is -2.15. The van der Waals surface area contributed by atoms with E-state index in [0.29, 0.717) is 13.2 Å². The van der Waals surface area contributed by atoms with Crippen molar-refractivity contribution in [1.82, 2.24) is 4.72 Å². The van der Waals surface area contributed by atoms with Crippen LogP contribution in [0, 0.1) is 5.92 Å². The summed E-state index contributed by atoms with van der Waals surface area (Å²) in [4.78, 5) is 0. The molecule has 0 aliphatic carbocycles. The summed E-state index contributed by atoms with van der Waals surface area (Å²) >= 11 is -2.15. The molecule has 1 aromatic carbocycles. The highest BCUT2D eigenvalue weighted by Gasteiger charge is 1.96. The number of ether oxygens (including phenoxy) is 1. The summed E-state index contributed by atoms with van der Waals surface area (Å²) in [6, 6.07) is 8.97. The van der Waals surface area contributed by atoms with Gasteiger partial charge in [-0.15, -0.1) is 0 Å². The van der Waals surface area contributed by atoms with Gasteiger partial charge in [0, 0.05) is 24.9 Å². The van der Waals surface area contributed by atoms with E-state index in [1.165, 1.54) is 24.7 Å². The highest BCUT2D eigenvalue weighted by atomic mass is 32.2. The second-order valence-electron chi connectivity index (χ2n) is 4.89. The lowest BCUT2D eigenvalue weighted by atomic mass is 10.0. The average molecular weight is 300 g/mol. The fraction of sp³-hybridized carbons (Fsp3) is 0.600. The number of nitrogens with one attached hydrogen (secondary N) is 1. The Hall–Kier alpha value is -0.750. The molecule has 0 aromatic heterocycles. The lowest BCUT2D eigenvalue weighted by Gasteiger charge is -2.05. The number of aryl methyl sites for hydroxylation is 1. The normalized spacial score (nSPS) is 11.9. The van der Waals surface area contributed by atoms with Gasteiger partial charge in [-0.1, -0.05) is 45.0 Å². The van der Waals surface area contributed by atoms with Gasteiger partial charge in [0.25, 0.3) is 0 Å². The Morgan fingerprint density at radius 2 is 1.80 bits per heavy atom. The van der Waals surface area contributed by atoms with E-state index in [2.05, 4.69) is 54.5 Å². The van der Waals surface area contributed by atoms with Crippen LogP contribution in [-0.2, 0) is 28.8 Å². The van der Waals surface area contributed by atoms with Crippen molar-refractivity contribution in [3.63, 3.8) is 0 Å². The molecular formula is C15H26NO3S-. The Bertz CT molecular complexity index is 366. The number of methoxy groups -OCH3 is 1. The third-order valence-corrected chi connectivity index (χ3v) is 3.04. The zero-order chi connectivity index (χ0) is 15.4. The van der Waals surface area contributed by atoms with Gasteiger partial charge >= 0.3 is 0 Å². The Kier molecular flexibility index (Phi) is 11.6. The third kappa shape index (κ3) is 11.1. The van der Waals surface area contributed by atoms with Gasteiger partial charge in [-0.2, -0.15) is 0 Å². The molecule has 0 aliphatic heterocycles. The van der Waals surface area contributed by atoms with Gasteiger partial charge in [0.05, 0.1) is 6.61 Å². The van der Waals surface area contributed by atoms with Crippen LogP contribution in [0.5, 0.6) is 0 Å². The van der Waals surface area contributed by atoms with Crippen molar-refractivity contribution in [1.29, 1.82) is 0 Å². The Morgan fingerprint density at radius 1 is 1.25 bits per heavy atom. The van der Waals surface area contributed by atoms with E-state index >= 15 is 0 Å². The summed E-state index contributed by atoms with van der Waals surface area (Å²) < 4.78 is 26.1. The minimum absolute atomic E-state index is 0.340. The molecule has 1 aromatic rings. The predicted octanol–water partition coefficient (Wildman–Crippen LogP) is 2.46. The molecule has 1 unspecified atom stereocenters. The van der Waals surface area contributed by atoms with Gasteiger partial charge in [-0.05, 0) is 29.9 Å². The summed E-state index contributed by atoms with van der Waals surface area (Å²) in [5, 5.41) is 0. The summed E-state index contributed by atoms with van der Waals surface area (Å²) in [6.45, 7) is 7.46. The van der Waals surface area contributed by atoms with Crippen LogP contribution in [0.15, 0.2) is 24.3 Å².